The van der Waals surface area contributed by atoms with Crippen molar-refractivity contribution < 1.29 is 20.8 Å². The summed E-state index contributed by atoms with van der Waals surface area (Å²) in [7, 11) is 9.87. The minimum atomic E-state index is -0.826. The molecule has 0 saturated heterocycles. The van der Waals surface area contributed by atoms with Crippen LogP contribution in [0.2, 0.25) is 0 Å². The van der Waals surface area contributed by atoms with E-state index in [0.717, 1.165) is 6.42 Å². The normalized spacial score (nSPS) is 11.5. The van der Waals surface area contributed by atoms with Crippen LogP contribution < -0.4 is 0 Å². The van der Waals surface area contributed by atoms with E-state index in [2.05, 4.69) is 36.4 Å². The molecule has 12 heavy (non-hydrogen) atoms. The number of hydrogen-bond acceptors (Lipinski definition) is 0. The number of benzene rings is 1. The first-order valence-electron chi connectivity index (χ1n) is 3.49. The van der Waals surface area contributed by atoms with Gasteiger partial charge in [-0.05, 0) is 0 Å². The molecule has 1 aromatic rings. The first-order chi connectivity index (χ1) is 5.88. The van der Waals surface area contributed by atoms with Crippen LogP contribution >= 0.6 is 17.0 Å². The molecule has 62 valence electrons. The van der Waals surface area contributed by atoms with E-state index in [9.17, 15) is 0 Å². The van der Waals surface area contributed by atoms with Crippen LogP contribution in [-0.2, 0) is 27.3 Å². The number of rotatable bonds is 0. The van der Waals surface area contributed by atoms with Crippen molar-refractivity contribution in [2.45, 2.75) is 6.42 Å². The van der Waals surface area contributed by atoms with Crippen LogP contribution in [0.25, 0.3) is 6.08 Å². The van der Waals surface area contributed by atoms with Gasteiger partial charge in [0.05, 0.1) is 0 Å². The zero-order chi connectivity index (χ0) is 8.81. The molecule has 3 heteroatoms. The average molecular weight is 277 g/mol. The molecule has 0 aliphatic heterocycles. The van der Waals surface area contributed by atoms with Crippen LogP contribution in [0.5, 0.6) is 0 Å². The molecule has 1 aliphatic rings. The Morgan fingerprint density at radius 3 is 2.58 bits per heavy atom. The predicted molar refractivity (Wildman–Crippen MR) is 49.6 cm³/mol. The summed E-state index contributed by atoms with van der Waals surface area (Å²) in [6, 6.07) is 8.39. The third kappa shape index (κ3) is 3.05. The molecule has 0 nitrogen and oxygen atoms in total. The van der Waals surface area contributed by atoms with Crippen LogP contribution in [0.3, 0.4) is 0 Å². The summed E-state index contributed by atoms with van der Waals surface area (Å²) in [4.78, 5) is 0. The Bertz CT molecular complexity index is 271. The molecule has 0 N–H and O–H groups in total. The van der Waals surface area contributed by atoms with Gasteiger partial charge >= 0.3 is 37.9 Å². The van der Waals surface area contributed by atoms with E-state index in [-0.39, 0.29) is 0 Å². The second kappa shape index (κ2) is 5.97. The predicted octanol–water partition coefficient (Wildman–Crippen LogP) is 3.44. The van der Waals surface area contributed by atoms with Gasteiger partial charge in [-0.1, -0.05) is 18.2 Å². The Balaban J connectivity index is 0.000000213. The molecule has 1 aromatic carbocycles. The Kier molecular flexibility index (Phi) is 5.22. The van der Waals surface area contributed by atoms with E-state index < -0.39 is 20.8 Å². The van der Waals surface area contributed by atoms with E-state index >= 15 is 0 Å². The maximum absolute atomic E-state index is 4.93. The number of hydrogen-bond donors (Lipinski definition) is 0. The third-order valence-corrected chi connectivity index (χ3v) is 1.61. The van der Waals surface area contributed by atoms with Gasteiger partial charge in [0, 0.05) is 0 Å². The quantitative estimate of drug-likeness (QED) is 0.637. The van der Waals surface area contributed by atoms with Crippen LogP contribution in [0.4, 0.5) is 0 Å². The molecule has 2 rings (SSSR count). The van der Waals surface area contributed by atoms with Crippen LogP contribution in [0.1, 0.15) is 11.1 Å². The monoisotopic (exact) mass is 275 g/mol. The summed E-state index contributed by atoms with van der Waals surface area (Å²) in [5.41, 5.74) is 2.73. The molecular formula is C9H7Cl2Zr-. The molecule has 0 heterocycles. The summed E-state index contributed by atoms with van der Waals surface area (Å²) in [6.45, 7) is 0. The van der Waals surface area contributed by atoms with Crippen LogP contribution in [-0.4, -0.2) is 0 Å². The summed E-state index contributed by atoms with van der Waals surface area (Å²) >= 11 is -0.826. The molecule has 0 fully saturated rings. The topological polar surface area (TPSA) is 0 Å². The summed E-state index contributed by atoms with van der Waals surface area (Å²) < 4.78 is 0. The fraction of sp³-hybridized carbons (Fsp3) is 0.111. The van der Waals surface area contributed by atoms with Gasteiger partial charge in [-0.15, -0.1) is 18.1 Å². The summed E-state index contributed by atoms with van der Waals surface area (Å²) in [5.74, 6) is 0. The van der Waals surface area contributed by atoms with E-state index in [1.54, 1.807) is 0 Å². The number of allylic oxidation sites excluding steroid dienone is 1. The fourth-order valence-corrected chi connectivity index (χ4v) is 1.11. The van der Waals surface area contributed by atoms with Gasteiger partial charge in [-0.2, -0.15) is 5.56 Å². The van der Waals surface area contributed by atoms with E-state index in [1.165, 1.54) is 11.1 Å². The third-order valence-electron chi connectivity index (χ3n) is 1.61. The van der Waals surface area contributed by atoms with Crippen molar-refractivity contribution in [1.29, 1.82) is 0 Å². The van der Waals surface area contributed by atoms with Crippen molar-refractivity contribution in [2.24, 2.45) is 0 Å². The van der Waals surface area contributed by atoms with Crippen molar-refractivity contribution in [1.82, 2.24) is 0 Å². The molecule has 0 spiro atoms. The second-order valence-electron chi connectivity index (χ2n) is 2.30. The van der Waals surface area contributed by atoms with Crippen molar-refractivity contribution in [3.63, 3.8) is 0 Å². The molecule has 0 aromatic heterocycles. The van der Waals surface area contributed by atoms with Gasteiger partial charge in [-0.3, -0.25) is 6.08 Å². The molecule has 0 atom stereocenters. The van der Waals surface area contributed by atoms with Gasteiger partial charge in [0.1, 0.15) is 0 Å². The van der Waals surface area contributed by atoms with Crippen LogP contribution in [0, 0.1) is 6.08 Å². The Morgan fingerprint density at radius 2 is 1.92 bits per heavy atom. The molecular weight excluding hydrogens is 270 g/mol. The molecule has 1 aliphatic carbocycles. The number of halogens is 2. The SMILES string of the molecule is [C-]1=Cc2ccccc2C1.[Cl][Zr][Cl]. The minimum absolute atomic E-state index is 0.826. The molecule has 0 radical (unpaired) electrons. The zero-order valence-corrected chi connectivity index (χ0v) is 10.3. The van der Waals surface area contributed by atoms with E-state index in [4.69, 9.17) is 17.0 Å². The Labute approximate surface area is 91.2 Å². The molecule has 0 saturated carbocycles. The first-order valence-corrected chi connectivity index (χ1v) is 9.82. The Hall–Kier alpha value is 0.423. The van der Waals surface area contributed by atoms with E-state index in [0.29, 0.717) is 0 Å². The van der Waals surface area contributed by atoms with E-state index in [1.807, 2.05) is 0 Å². The van der Waals surface area contributed by atoms with Gasteiger partial charge in [-0.25, -0.2) is 6.08 Å². The van der Waals surface area contributed by atoms with Gasteiger partial charge in [0.25, 0.3) is 0 Å². The molecule has 0 bridgehead atoms. The van der Waals surface area contributed by atoms with Gasteiger partial charge in [0.2, 0.25) is 0 Å². The average Bonchev–Trinajstić information content (AvgIpc) is 2.52. The van der Waals surface area contributed by atoms with Crippen LogP contribution in [0.15, 0.2) is 24.3 Å². The summed E-state index contributed by atoms with van der Waals surface area (Å²) in [5, 5.41) is 0. The van der Waals surface area contributed by atoms with Crippen molar-refractivity contribution >= 4 is 23.1 Å². The molecule has 0 amide bonds. The standard InChI is InChI=1S/C9H7.2ClH.Zr/c1-2-5-9-7-3-6-8(9)4-1;;;/h1-2,4-6H,7H2;2*1H;/q-1;;;+2/p-2. The first kappa shape index (κ1) is 10.5. The maximum atomic E-state index is 4.93. The number of fused-ring (bicyclic) bond motifs is 1. The Morgan fingerprint density at radius 1 is 1.25 bits per heavy atom. The molecule has 0 unspecified atom stereocenters. The fourth-order valence-electron chi connectivity index (χ4n) is 1.11. The zero-order valence-electron chi connectivity index (χ0n) is 6.35. The summed E-state index contributed by atoms with van der Waals surface area (Å²) in [6.07, 6.45) is 6.21. The van der Waals surface area contributed by atoms with Crippen molar-refractivity contribution in [3.05, 3.63) is 41.5 Å². The van der Waals surface area contributed by atoms with Crippen molar-refractivity contribution in [3.8, 4) is 0 Å². The van der Waals surface area contributed by atoms with Crippen molar-refractivity contribution in [2.75, 3.05) is 0 Å². The second-order valence-corrected chi connectivity index (χ2v) is 6.03. The van der Waals surface area contributed by atoms with Gasteiger partial charge in [0.15, 0.2) is 0 Å². The van der Waals surface area contributed by atoms with Gasteiger partial charge < -0.3 is 0 Å².